The van der Waals surface area contributed by atoms with Crippen LogP contribution in [-0.2, 0) is 37.0 Å². The van der Waals surface area contributed by atoms with E-state index < -0.39 is 11.3 Å². The van der Waals surface area contributed by atoms with Crippen LogP contribution in [0.3, 0.4) is 0 Å². The molecule has 2 N–H and O–H groups in total. The summed E-state index contributed by atoms with van der Waals surface area (Å²) >= 11 is 0. The number of benzene rings is 4. The summed E-state index contributed by atoms with van der Waals surface area (Å²) in [7, 11) is 0. The van der Waals surface area contributed by atoms with Crippen LogP contribution in [0.2, 0.25) is 0 Å². The second-order valence-electron chi connectivity index (χ2n) is 12.9. The van der Waals surface area contributed by atoms with Crippen molar-refractivity contribution in [2.24, 2.45) is 0 Å². The van der Waals surface area contributed by atoms with Crippen molar-refractivity contribution in [3.05, 3.63) is 140 Å². The Morgan fingerprint density at radius 2 is 1.07 bits per heavy atom. The van der Waals surface area contributed by atoms with Gasteiger partial charge in [0.05, 0.1) is 22.3 Å². The Kier molecular flexibility index (Phi) is 3.16. The van der Waals surface area contributed by atoms with E-state index in [1.807, 2.05) is 6.33 Å². The van der Waals surface area contributed by atoms with Crippen LogP contribution in [0.4, 0.5) is 0 Å². The average molecular weight is 531 g/mol. The molecule has 6 heteroatoms. The second kappa shape index (κ2) is 6.30. The molecule has 0 saturated heterocycles. The van der Waals surface area contributed by atoms with Crippen molar-refractivity contribution in [2.45, 2.75) is 42.9 Å². The van der Waals surface area contributed by atoms with Crippen molar-refractivity contribution in [2.75, 3.05) is 13.1 Å². The summed E-state index contributed by atoms with van der Waals surface area (Å²) in [5, 5.41) is 18.6. The summed E-state index contributed by atoms with van der Waals surface area (Å²) in [6.45, 7) is 1.83. The standard InChI is InChI=1S/C35H26N6/c1-3-18-11-13-36-34-29(18)20(5-1)15-22-7-9-24-25-10-8-23-16-21-6-2-4-19-12-14-37-35(30(19)21)32(23)27(25)28(26(24)31(22)34)33-40(34)38-17-39-41(33)35/h1-10,17,28,36-37H,11-16H2/q+2. The molecule has 0 radical (unpaired) electrons. The maximum Gasteiger partial charge on any atom is 0.485 e. The molecule has 5 heterocycles. The molecular formula is C35H26N6+2. The molecule has 4 aliphatic heterocycles. The van der Waals surface area contributed by atoms with E-state index in [9.17, 15) is 0 Å². The molecule has 0 fully saturated rings. The van der Waals surface area contributed by atoms with Crippen LogP contribution in [0.1, 0.15) is 78.5 Å². The van der Waals surface area contributed by atoms with Crippen molar-refractivity contribution < 1.29 is 9.36 Å². The smallest absolute Gasteiger partial charge is 0.245 e. The first-order valence-corrected chi connectivity index (χ1v) is 15.1. The number of rotatable bonds is 0. The van der Waals surface area contributed by atoms with Crippen molar-refractivity contribution >= 4 is 0 Å². The van der Waals surface area contributed by atoms with Gasteiger partial charge < -0.3 is 0 Å². The number of nitrogens with one attached hydrogen (secondary N) is 2. The third kappa shape index (κ3) is 1.92. The summed E-state index contributed by atoms with van der Waals surface area (Å²) in [6.07, 6.45) is 5.83. The number of hydrogen-bond acceptors (Lipinski definition) is 4. The van der Waals surface area contributed by atoms with Gasteiger partial charge in [0.2, 0.25) is 6.33 Å². The Labute approximate surface area is 236 Å². The minimum atomic E-state index is -0.537. The quantitative estimate of drug-likeness (QED) is 0.296. The van der Waals surface area contributed by atoms with Crippen LogP contribution in [-0.4, -0.2) is 23.3 Å². The summed E-state index contributed by atoms with van der Waals surface area (Å²) in [5.41, 5.74) is 19.0. The monoisotopic (exact) mass is 530 g/mol. The molecule has 2 spiro atoms. The second-order valence-corrected chi connectivity index (χ2v) is 12.9. The molecule has 1 aromatic heterocycles. The van der Waals surface area contributed by atoms with Crippen LogP contribution in [0.5, 0.6) is 0 Å². The summed E-state index contributed by atoms with van der Waals surface area (Å²) in [5.74, 6) is 1.31. The first-order chi connectivity index (χ1) is 20.3. The van der Waals surface area contributed by atoms with Crippen LogP contribution in [0.15, 0.2) is 67.0 Å². The predicted molar refractivity (Wildman–Crippen MR) is 150 cm³/mol. The minimum absolute atomic E-state index is 0.122. The molecule has 3 aliphatic carbocycles. The SMILES string of the molecule is c1cc2c3c(c1)Cc1ccc4c5c1C3(NCC2)[n+]1ncn[n+]2c1C5c1c-4ccc3c1C21NCCc2cccc(c21)C3. The minimum Gasteiger partial charge on any atom is -0.245 e. The Bertz CT molecular complexity index is 2000. The average Bonchev–Trinajstić information content (AvgIpc) is 3.35. The van der Waals surface area contributed by atoms with E-state index in [4.69, 9.17) is 10.2 Å². The summed E-state index contributed by atoms with van der Waals surface area (Å²) in [6, 6.07) is 23.5. The van der Waals surface area contributed by atoms with Gasteiger partial charge in [0.15, 0.2) is 5.92 Å². The Morgan fingerprint density at radius 1 is 0.585 bits per heavy atom. The molecule has 41 heavy (non-hydrogen) atoms. The highest BCUT2D eigenvalue weighted by molar-refractivity contribution is 5.86. The van der Waals surface area contributed by atoms with Crippen molar-refractivity contribution in [1.29, 1.82) is 0 Å². The van der Waals surface area contributed by atoms with Crippen LogP contribution >= 0.6 is 0 Å². The molecular weight excluding hydrogens is 504 g/mol. The zero-order valence-electron chi connectivity index (χ0n) is 22.5. The Hall–Kier alpha value is -4.26. The third-order valence-corrected chi connectivity index (χ3v) is 11.4. The predicted octanol–water partition coefficient (Wildman–Crippen LogP) is 2.44. The maximum absolute atomic E-state index is 5.21. The van der Waals surface area contributed by atoms with E-state index in [1.54, 1.807) is 0 Å². The van der Waals surface area contributed by atoms with Crippen molar-refractivity contribution in [3.63, 3.8) is 0 Å². The van der Waals surface area contributed by atoms with E-state index >= 15 is 0 Å². The molecule has 7 aliphatic rings. The fourth-order valence-electron chi connectivity index (χ4n) is 10.3. The van der Waals surface area contributed by atoms with Crippen molar-refractivity contribution in [3.8, 4) is 11.1 Å². The van der Waals surface area contributed by atoms with E-state index in [1.165, 1.54) is 83.7 Å². The number of nitrogens with zero attached hydrogens (tertiary/aromatic N) is 4. The third-order valence-electron chi connectivity index (χ3n) is 11.4. The fraction of sp³-hybridized carbons (Fsp3) is 0.257. The lowest BCUT2D eigenvalue weighted by atomic mass is 9.65. The van der Waals surface area contributed by atoms with Crippen molar-refractivity contribution in [1.82, 2.24) is 20.8 Å². The first kappa shape index (κ1) is 20.6. The number of fused-ring (bicyclic) bond motifs is 1. The topological polar surface area (TPSA) is 57.6 Å². The highest BCUT2D eigenvalue weighted by Gasteiger charge is 2.72. The molecule has 0 amide bonds. The molecule has 0 bridgehead atoms. The van der Waals surface area contributed by atoms with Crippen LogP contribution in [0.25, 0.3) is 11.1 Å². The lowest BCUT2D eigenvalue weighted by Crippen LogP contribution is -2.83. The van der Waals surface area contributed by atoms with Crippen LogP contribution < -0.4 is 20.0 Å². The summed E-state index contributed by atoms with van der Waals surface area (Å²) in [4.78, 5) is 0. The number of aromatic nitrogens is 4. The zero-order valence-corrected chi connectivity index (χ0v) is 22.5. The van der Waals surface area contributed by atoms with E-state index in [2.05, 4.69) is 80.7 Å². The highest BCUT2D eigenvalue weighted by Crippen LogP contribution is 2.61. The molecule has 2 unspecified atom stereocenters. The summed E-state index contributed by atoms with van der Waals surface area (Å²) < 4.78 is 4.74. The normalized spacial score (nSPS) is 26.7. The molecule has 6 nitrogen and oxygen atoms in total. The molecule has 2 atom stereocenters. The van der Waals surface area contributed by atoms with Gasteiger partial charge >= 0.3 is 17.2 Å². The van der Waals surface area contributed by atoms with Gasteiger partial charge in [-0.1, -0.05) is 60.7 Å². The highest BCUT2D eigenvalue weighted by atomic mass is 15.5. The molecule has 0 saturated carbocycles. The van der Waals surface area contributed by atoms with E-state index in [-0.39, 0.29) is 5.92 Å². The van der Waals surface area contributed by atoms with Gasteiger partial charge in [0, 0.05) is 32.7 Å². The Balaban J connectivity index is 1.34. The number of hydrogen-bond donors (Lipinski definition) is 2. The zero-order chi connectivity index (χ0) is 26.2. The van der Waals surface area contributed by atoms with Crippen LogP contribution in [0, 0.1) is 0 Å². The van der Waals surface area contributed by atoms with E-state index in [0.717, 1.165) is 38.8 Å². The lowest BCUT2D eigenvalue weighted by molar-refractivity contribution is -0.937. The van der Waals surface area contributed by atoms with Gasteiger partial charge in [0.1, 0.15) is 0 Å². The van der Waals surface area contributed by atoms with Gasteiger partial charge in [-0.25, -0.2) is 10.6 Å². The van der Waals surface area contributed by atoms with Gasteiger partial charge in [-0.15, -0.1) is 0 Å². The lowest BCUT2D eigenvalue weighted by Gasteiger charge is -2.46. The molecule has 194 valence electrons. The Morgan fingerprint density at radius 3 is 1.61 bits per heavy atom. The largest absolute Gasteiger partial charge is 0.485 e. The molecule has 12 rings (SSSR count). The fourth-order valence-corrected chi connectivity index (χ4v) is 10.3. The first-order valence-electron chi connectivity index (χ1n) is 15.1. The van der Waals surface area contributed by atoms with Gasteiger partial charge in [0.25, 0.3) is 0 Å². The van der Waals surface area contributed by atoms with Gasteiger partial charge in [-0.3, -0.25) is 0 Å². The van der Waals surface area contributed by atoms with Gasteiger partial charge in [-0.05, 0) is 81.3 Å². The molecule has 5 aromatic rings. The molecule has 4 aromatic carbocycles. The maximum atomic E-state index is 5.21. The van der Waals surface area contributed by atoms with E-state index in [0.29, 0.717) is 0 Å². The van der Waals surface area contributed by atoms with Gasteiger partial charge in [-0.2, -0.15) is 0 Å².